The number of aliphatic hydroxyl groups is 3. The maximum Gasteiger partial charge on any atom is 0.217 e. The molecule has 1 aromatic rings. The molecule has 5 N–H and O–H groups in total. The second-order valence-electron chi connectivity index (χ2n) is 5.34. The monoisotopic (exact) mass is 311 g/mol. The van der Waals surface area contributed by atoms with E-state index in [1.54, 1.807) is 0 Å². The molecule has 1 aliphatic rings. The molecular formula is C15H21NO6. The van der Waals surface area contributed by atoms with Crippen molar-refractivity contribution in [2.24, 2.45) is 11.7 Å². The zero-order chi connectivity index (χ0) is 16.1. The molecule has 1 fully saturated rings. The van der Waals surface area contributed by atoms with Gasteiger partial charge in [0.05, 0.1) is 19.3 Å². The van der Waals surface area contributed by atoms with Gasteiger partial charge in [0.25, 0.3) is 0 Å². The first-order valence-electron chi connectivity index (χ1n) is 7.09. The maximum atomic E-state index is 11.2. The lowest BCUT2D eigenvalue weighted by atomic mass is 9.88. The van der Waals surface area contributed by atoms with Crippen LogP contribution in [-0.2, 0) is 20.9 Å². The van der Waals surface area contributed by atoms with Gasteiger partial charge in [-0.1, -0.05) is 30.3 Å². The number of aliphatic hydroxyl groups excluding tert-OH is 3. The highest BCUT2D eigenvalue weighted by molar-refractivity contribution is 5.74. The van der Waals surface area contributed by atoms with Crippen LogP contribution in [-0.4, -0.2) is 52.4 Å². The lowest BCUT2D eigenvalue weighted by Gasteiger charge is -2.41. The fourth-order valence-corrected chi connectivity index (χ4v) is 2.50. The second kappa shape index (κ2) is 7.66. The Kier molecular flexibility index (Phi) is 5.87. The first-order valence-corrected chi connectivity index (χ1v) is 7.09. The summed E-state index contributed by atoms with van der Waals surface area (Å²) >= 11 is 0. The van der Waals surface area contributed by atoms with E-state index in [4.69, 9.17) is 15.2 Å². The Hall–Kier alpha value is -1.51. The summed E-state index contributed by atoms with van der Waals surface area (Å²) in [5, 5.41) is 29.2. The summed E-state index contributed by atoms with van der Waals surface area (Å²) in [4.78, 5) is 11.2. The molecule has 2 rings (SSSR count). The molecule has 1 aromatic carbocycles. The molecule has 5 atom stereocenters. The van der Waals surface area contributed by atoms with E-state index in [1.807, 2.05) is 30.3 Å². The van der Waals surface area contributed by atoms with Crippen LogP contribution in [0, 0.1) is 5.92 Å². The SMILES string of the molecule is NC(=O)C[C@@H]1[C@@H](OCc2ccccc2)O[C@H](CO)[C@H](O)[C@@H]1O. The molecule has 0 aromatic heterocycles. The molecule has 0 bridgehead atoms. The van der Waals surface area contributed by atoms with Gasteiger partial charge in [0, 0.05) is 12.3 Å². The van der Waals surface area contributed by atoms with E-state index in [2.05, 4.69) is 0 Å². The number of hydrogen-bond acceptors (Lipinski definition) is 6. The Morgan fingerprint density at radius 3 is 2.50 bits per heavy atom. The minimum absolute atomic E-state index is 0.185. The van der Waals surface area contributed by atoms with Crippen LogP contribution < -0.4 is 5.73 Å². The zero-order valence-electron chi connectivity index (χ0n) is 12.0. The Bertz CT molecular complexity index is 482. The summed E-state index contributed by atoms with van der Waals surface area (Å²) < 4.78 is 11.1. The van der Waals surface area contributed by atoms with Gasteiger partial charge in [-0.15, -0.1) is 0 Å². The van der Waals surface area contributed by atoms with Crippen molar-refractivity contribution in [2.45, 2.75) is 37.6 Å². The highest BCUT2D eigenvalue weighted by Gasteiger charge is 2.45. The molecule has 0 radical (unpaired) electrons. The Balaban J connectivity index is 2.07. The molecule has 0 saturated carbocycles. The molecule has 1 amide bonds. The first-order chi connectivity index (χ1) is 10.5. The third-order valence-corrected chi connectivity index (χ3v) is 3.70. The van der Waals surface area contributed by atoms with E-state index in [9.17, 15) is 20.1 Å². The quantitative estimate of drug-likeness (QED) is 0.542. The van der Waals surface area contributed by atoms with E-state index < -0.39 is 43.0 Å². The van der Waals surface area contributed by atoms with Crippen LogP contribution in [0.15, 0.2) is 30.3 Å². The summed E-state index contributed by atoms with van der Waals surface area (Å²) in [6.45, 7) is -0.256. The number of benzene rings is 1. The summed E-state index contributed by atoms with van der Waals surface area (Å²) in [6.07, 6.45) is -4.66. The van der Waals surface area contributed by atoms with E-state index in [1.165, 1.54) is 0 Å². The lowest BCUT2D eigenvalue weighted by Crippen LogP contribution is -2.56. The topological polar surface area (TPSA) is 122 Å². The van der Waals surface area contributed by atoms with Crippen LogP contribution in [0.1, 0.15) is 12.0 Å². The predicted octanol–water partition coefficient (Wildman–Crippen LogP) is -0.866. The molecule has 7 nitrogen and oxygen atoms in total. The summed E-state index contributed by atoms with van der Waals surface area (Å²) in [6, 6.07) is 9.31. The van der Waals surface area contributed by atoms with E-state index in [0.29, 0.717) is 0 Å². The van der Waals surface area contributed by atoms with Crippen LogP contribution in [0.25, 0.3) is 0 Å². The smallest absolute Gasteiger partial charge is 0.217 e. The number of rotatable bonds is 6. The molecule has 1 aliphatic heterocycles. The number of nitrogens with two attached hydrogens (primary N) is 1. The average molecular weight is 311 g/mol. The van der Waals surface area contributed by atoms with Crippen molar-refractivity contribution in [1.29, 1.82) is 0 Å². The van der Waals surface area contributed by atoms with Gasteiger partial charge in [-0.3, -0.25) is 4.79 Å². The van der Waals surface area contributed by atoms with Gasteiger partial charge in [0.1, 0.15) is 12.2 Å². The van der Waals surface area contributed by atoms with Crippen molar-refractivity contribution in [3.05, 3.63) is 35.9 Å². The summed E-state index contributed by atoms with van der Waals surface area (Å²) in [7, 11) is 0. The molecular weight excluding hydrogens is 290 g/mol. The lowest BCUT2D eigenvalue weighted by molar-refractivity contribution is -0.288. The standard InChI is InChI=1S/C15H21NO6/c16-12(18)6-10-13(19)14(20)11(7-17)22-15(10)21-8-9-4-2-1-3-5-9/h1-5,10-11,13-15,17,19-20H,6-8H2,(H2,16,18)/t10-,11+,13+,14-,15-/m0/s1. The number of carbonyl (C=O) groups excluding carboxylic acids is 1. The molecule has 0 aliphatic carbocycles. The van der Waals surface area contributed by atoms with Gasteiger partial charge < -0.3 is 30.5 Å². The number of primary amides is 1. The normalized spacial score (nSPS) is 31.9. The van der Waals surface area contributed by atoms with Crippen molar-refractivity contribution in [3.8, 4) is 0 Å². The molecule has 1 saturated heterocycles. The minimum atomic E-state index is -1.30. The number of hydrogen-bond donors (Lipinski definition) is 4. The van der Waals surface area contributed by atoms with E-state index in [-0.39, 0.29) is 13.0 Å². The largest absolute Gasteiger partial charge is 0.394 e. The van der Waals surface area contributed by atoms with Crippen LogP contribution >= 0.6 is 0 Å². The second-order valence-corrected chi connectivity index (χ2v) is 5.34. The fourth-order valence-electron chi connectivity index (χ4n) is 2.50. The number of carbonyl (C=O) groups is 1. The average Bonchev–Trinajstić information content (AvgIpc) is 2.52. The van der Waals surface area contributed by atoms with Crippen molar-refractivity contribution >= 4 is 5.91 Å². The van der Waals surface area contributed by atoms with Gasteiger partial charge >= 0.3 is 0 Å². The summed E-state index contributed by atoms with van der Waals surface area (Å²) in [5.41, 5.74) is 6.07. The highest BCUT2D eigenvalue weighted by atomic mass is 16.7. The van der Waals surface area contributed by atoms with Crippen LogP contribution in [0.4, 0.5) is 0 Å². The van der Waals surface area contributed by atoms with Gasteiger partial charge in [-0.25, -0.2) is 0 Å². The van der Waals surface area contributed by atoms with Gasteiger partial charge in [-0.2, -0.15) is 0 Å². The van der Waals surface area contributed by atoms with Crippen molar-refractivity contribution in [3.63, 3.8) is 0 Å². The third kappa shape index (κ3) is 4.02. The van der Waals surface area contributed by atoms with Gasteiger partial charge in [0.15, 0.2) is 6.29 Å². The molecule has 0 unspecified atom stereocenters. The third-order valence-electron chi connectivity index (χ3n) is 3.70. The number of amides is 1. The summed E-state index contributed by atoms with van der Waals surface area (Å²) in [5.74, 6) is -1.42. The Morgan fingerprint density at radius 2 is 1.91 bits per heavy atom. The Labute approximate surface area is 128 Å². The molecule has 1 heterocycles. The fraction of sp³-hybridized carbons (Fsp3) is 0.533. The van der Waals surface area contributed by atoms with Gasteiger partial charge in [0.2, 0.25) is 5.91 Å². The van der Waals surface area contributed by atoms with Crippen LogP contribution in [0.2, 0.25) is 0 Å². The highest BCUT2D eigenvalue weighted by Crippen LogP contribution is 2.30. The number of ether oxygens (including phenoxy) is 2. The predicted molar refractivity (Wildman–Crippen MR) is 76.3 cm³/mol. The van der Waals surface area contributed by atoms with Crippen LogP contribution in [0.3, 0.4) is 0 Å². The van der Waals surface area contributed by atoms with Crippen molar-refractivity contribution in [1.82, 2.24) is 0 Å². The van der Waals surface area contributed by atoms with E-state index in [0.717, 1.165) is 5.56 Å². The minimum Gasteiger partial charge on any atom is -0.394 e. The first kappa shape index (κ1) is 16.9. The Morgan fingerprint density at radius 1 is 1.23 bits per heavy atom. The maximum absolute atomic E-state index is 11.2. The van der Waals surface area contributed by atoms with Gasteiger partial charge in [-0.05, 0) is 5.56 Å². The molecule has 22 heavy (non-hydrogen) atoms. The molecule has 0 spiro atoms. The zero-order valence-corrected chi connectivity index (χ0v) is 12.0. The molecule has 122 valence electrons. The van der Waals surface area contributed by atoms with Crippen molar-refractivity contribution in [2.75, 3.05) is 6.61 Å². The molecule has 7 heteroatoms. The van der Waals surface area contributed by atoms with Crippen molar-refractivity contribution < 1.29 is 29.6 Å². The van der Waals surface area contributed by atoms with Crippen LogP contribution in [0.5, 0.6) is 0 Å². The van der Waals surface area contributed by atoms with E-state index >= 15 is 0 Å².